The number of carbonyl (C=O) groups excluding carboxylic acids is 2. The third kappa shape index (κ3) is 4.56. The molecule has 184 valence electrons. The maximum atomic E-state index is 13.9. The lowest BCUT2D eigenvalue weighted by Crippen LogP contribution is -2.57. The van der Waals surface area contributed by atoms with Crippen molar-refractivity contribution in [3.8, 4) is 11.3 Å². The molecule has 34 heavy (non-hydrogen) atoms. The predicted molar refractivity (Wildman–Crippen MR) is 120 cm³/mol. The summed E-state index contributed by atoms with van der Waals surface area (Å²) in [6.45, 7) is 6.56. The molecule has 0 bridgehead atoms. The Bertz CT molecular complexity index is 1100. The van der Waals surface area contributed by atoms with E-state index in [1.807, 2.05) is 20.8 Å². The van der Waals surface area contributed by atoms with E-state index in [0.717, 1.165) is 25.0 Å². The summed E-state index contributed by atoms with van der Waals surface area (Å²) in [6.07, 6.45) is 1.93. The van der Waals surface area contributed by atoms with Crippen molar-refractivity contribution in [3.05, 3.63) is 41.1 Å². The van der Waals surface area contributed by atoms with Crippen molar-refractivity contribution in [2.75, 3.05) is 19.8 Å². The number of rotatable bonds is 4. The van der Waals surface area contributed by atoms with E-state index in [-0.39, 0.29) is 25.2 Å². The minimum Gasteiger partial charge on any atom is -0.394 e. The van der Waals surface area contributed by atoms with Crippen LogP contribution in [0.4, 0.5) is 13.6 Å². The summed E-state index contributed by atoms with van der Waals surface area (Å²) in [7, 11) is 0. The van der Waals surface area contributed by atoms with Gasteiger partial charge in [0.15, 0.2) is 11.6 Å². The number of fused-ring (bicyclic) bond motifs is 1. The molecule has 0 spiro atoms. The second-order valence-electron chi connectivity index (χ2n) is 9.88. The first kappa shape index (κ1) is 24.3. The largest absolute Gasteiger partial charge is 0.394 e. The standard InChI is InChI=1S/C24H30F2N4O4/c1-24(2,3)21(22(32)29-9-4-5-15(29)12-31)27-23(33)30-19-8-10-34-13-16(19)20(28-30)14-6-7-17(25)18(26)11-14/h6-7,11,15,21,31H,4-5,8-10,12-13H2,1-3H3,(H,27,33). The SMILES string of the molecule is CC(C)(C)C(NC(=O)n1nc(-c2ccc(F)c(F)c2)c2c1CCOC2)C(=O)N1CCCC1CO. The van der Waals surface area contributed by atoms with Crippen LogP contribution in [0.2, 0.25) is 0 Å². The number of nitrogens with one attached hydrogen (secondary N) is 1. The van der Waals surface area contributed by atoms with Crippen LogP contribution in [0.3, 0.4) is 0 Å². The van der Waals surface area contributed by atoms with Gasteiger partial charge in [-0.2, -0.15) is 9.78 Å². The van der Waals surface area contributed by atoms with E-state index in [2.05, 4.69) is 10.4 Å². The molecule has 2 unspecified atom stereocenters. The van der Waals surface area contributed by atoms with E-state index in [4.69, 9.17) is 4.74 Å². The summed E-state index contributed by atoms with van der Waals surface area (Å²) in [5.74, 6) is -2.23. The summed E-state index contributed by atoms with van der Waals surface area (Å²) in [4.78, 5) is 28.4. The minimum atomic E-state index is -1.01. The highest BCUT2D eigenvalue weighted by Crippen LogP contribution is 2.31. The molecule has 2 aliphatic heterocycles. The van der Waals surface area contributed by atoms with Crippen molar-refractivity contribution in [2.24, 2.45) is 5.41 Å². The molecule has 2 amide bonds. The van der Waals surface area contributed by atoms with E-state index >= 15 is 0 Å². The van der Waals surface area contributed by atoms with Gasteiger partial charge in [-0.05, 0) is 36.5 Å². The zero-order valence-electron chi connectivity index (χ0n) is 19.6. The Hall–Kier alpha value is -2.85. The van der Waals surface area contributed by atoms with Gasteiger partial charge in [0.2, 0.25) is 5.91 Å². The van der Waals surface area contributed by atoms with Gasteiger partial charge in [-0.15, -0.1) is 0 Å². The first-order chi connectivity index (χ1) is 16.1. The van der Waals surface area contributed by atoms with Crippen molar-refractivity contribution in [1.29, 1.82) is 0 Å². The maximum Gasteiger partial charge on any atom is 0.343 e. The molecular weight excluding hydrogens is 446 g/mol. The Labute approximate surface area is 196 Å². The summed E-state index contributed by atoms with van der Waals surface area (Å²) in [5.41, 5.74) is 1.30. The van der Waals surface area contributed by atoms with Crippen LogP contribution in [0, 0.1) is 17.0 Å². The average molecular weight is 477 g/mol. The number of aliphatic hydroxyl groups excluding tert-OH is 1. The molecule has 3 heterocycles. The van der Waals surface area contributed by atoms with Gasteiger partial charge in [0, 0.05) is 24.1 Å². The third-order valence-electron chi connectivity index (χ3n) is 6.46. The molecule has 0 aliphatic carbocycles. The fourth-order valence-corrected chi connectivity index (χ4v) is 4.59. The van der Waals surface area contributed by atoms with Crippen LogP contribution in [-0.4, -0.2) is 63.6 Å². The number of hydrogen-bond donors (Lipinski definition) is 2. The van der Waals surface area contributed by atoms with E-state index in [9.17, 15) is 23.5 Å². The smallest absolute Gasteiger partial charge is 0.343 e. The molecule has 10 heteroatoms. The second-order valence-corrected chi connectivity index (χ2v) is 9.88. The quantitative estimate of drug-likeness (QED) is 0.708. The van der Waals surface area contributed by atoms with Gasteiger partial charge in [-0.3, -0.25) is 4.79 Å². The molecule has 8 nitrogen and oxygen atoms in total. The first-order valence-corrected chi connectivity index (χ1v) is 11.5. The van der Waals surface area contributed by atoms with Crippen LogP contribution in [-0.2, 0) is 22.6 Å². The summed E-state index contributed by atoms with van der Waals surface area (Å²) in [5, 5.41) is 16.9. The van der Waals surface area contributed by atoms with Gasteiger partial charge >= 0.3 is 6.03 Å². The number of likely N-dealkylation sites (tertiary alicyclic amines) is 1. The van der Waals surface area contributed by atoms with Crippen molar-refractivity contribution < 1.29 is 28.2 Å². The molecule has 4 rings (SSSR count). The van der Waals surface area contributed by atoms with E-state index in [1.54, 1.807) is 4.90 Å². The summed E-state index contributed by atoms with van der Waals surface area (Å²) >= 11 is 0. The lowest BCUT2D eigenvalue weighted by atomic mass is 9.85. The molecular formula is C24H30F2N4O4. The summed E-state index contributed by atoms with van der Waals surface area (Å²) < 4.78 is 34.1. The lowest BCUT2D eigenvalue weighted by molar-refractivity contribution is -0.137. The Kier molecular flexibility index (Phi) is 6.73. The number of amides is 2. The van der Waals surface area contributed by atoms with Gasteiger partial charge in [0.1, 0.15) is 6.04 Å². The van der Waals surface area contributed by atoms with Crippen LogP contribution in [0.5, 0.6) is 0 Å². The Balaban J connectivity index is 1.67. The normalized spacial score (nSPS) is 19.1. The van der Waals surface area contributed by atoms with E-state index in [0.29, 0.717) is 42.1 Å². The Morgan fingerprint density at radius 1 is 1.29 bits per heavy atom. The number of aliphatic hydroxyl groups is 1. The molecule has 2 N–H and O–H groups in total. The van der Waals surface area contributed by atoms with Crippen LogP contribution < -0.4 is 5.32 Å². The number of nitrogens with zero attached hydrogens (tertiary/aromatic N) is 3. The number of carbonyl (C=O) groups is 2. The Morgan fingerprint density at radius 3 is 2.74 bits per heavy atom. The van der Waals surface area contributed by atoms with Crippen molar-refractivity contribution in [2.45, 2.75) is 58.7 Å². The molecule has 1 aromatic heterocycles. The average Bonchev–Trinajstić information content (AvgIpc) is 3.43. The van der Waals surface area contributed by atoms with Gasteiger partial charge in [-0.1, -0.05) is 20.8 Å². The van der Waals surface area contributed by atoms with Crippen LogP contribution in [0.15, 0.2) is 18.2 Å². The molecule has 2 aliphatic rings. The summed E-state index contributed by atoms with van der Waals surface area (Å²) in [6, 6.07) is 1.77. The fraction of sp³-hybridized carbons (Fsp3) is 0.542. The van der Waals surface area contributed by atoms with Gasteiger partial charge in [0.25, 0.3) is 0 Å². The second kappa shape index (κ2) is 9.42. The van der Waals surface area contributed by atoms with E-state index < -0.39 is 29.1 Å². The zero-order valence-corrected chi connectivity index (χ0v) is 19.6. The minimum absolute atomic E-state index is 0.124. The maximum absolute atomic E-state index is 13.9. The van der Waals surface area contributed by atoms with Crippen molar-refractivity contribution in [3.63, 3.8) is 0 Å². The van der Waals surface area contributed by atoms with Crippen molar-refractivity contribution in [1.82, 2.24) is 20.0 Å². The van der Waals surface area contributed by atoms with E-state index in [1.165, 1.54) is 10.7 Å². The van der Waals surface area contributed by atoms with Crippen LogP contribution >= 0.6 is 0 Å². The number of halogens is 2. The highest BCUT2D eigenvalue weighted by Gasteiger charge is 2.40. The number of hydrogen-bond acceptors (Lipinski definition) is 5. The molecule has 1 saturated heterocycles. The molecule has 1 fully saturated rings. The fourth-order valence-electron chi connectivity index (χ4n) is 4.59. The van der Waals surface area contributed by atoms with Crippen LogP contribution in [0.25, 0.3) is 11.3 Å². The van der Waals surface area contributed by atoms with Gasteiger partial charge < -0.3 is 20.1 Å². The number of benzene rings is 1. The topological polar surface area (TPSA) is 96.7 Å². The van der Waals surface area contributed by atoms with Gasteiger partial charge in [0.05, 0.1) is 37.3 Å². The number of aromatic nitrogens is 2. The van der Waals surface area contributed by atoms with Crippen LogP contribution in [0.1, 0.15) is 44.9 Å². The van der Waals surface area contributed by atoms with Gasteiger partial charge in [-0.25, -0.2) is 13.6 Å². The van der Waals surface area contributed by atoms with Crippen molar-refractivity contribution >= 4 is 11.9 Å². The highest BCUT2D eigenvalue weighted by molar-refractivity contribution is 5.89. The molecule has 1 aromatic carbocycles. The molecule has 2 atom stereocenters. The first-order valence-electron chi connectivity index (χ1n) is 11.5. The predicted octanol–water partition coefficient (Wildman–Crippen LogP) is 2.86. The molecule has 0 saturated carbocycles. The lowest BCUT2D eigenvalue weighted by Gasteiger charge is -2.35. The number of ether oxygens (including phenoxy) is 1. The third-order valence-corrected chi connectivity index (χ3v) is 6.46. The monoisotopic (exact) mass is 476 g/mol. The molecule has 2 aromatic rings. The Morgan fingerprint density at radius 2 is 2.06 bits per heavy atom. The zero-order chi connectivity index (χ0) is 24.6. The highest BCUT2D eigenvalue weighted by atomic mass is 19.2. The molecule has 0 radical (unpaired) electrons.